The number of anilines is 1. The molecule has 1 N–H and O–H groups in total. The largest absolute Gasteiger partial charge is 0.481 e. The highest BCUT2D eigenvalue weighted by molar-refractivity contribution is 6.30. The summed E-state index contributed by atoms with van der Waals surface area (Å²) in [6.07, 6.45) is 0.981. The fourth-order valence-corrected chi connectivity index (χ4v) is 1.78. The number of carboxylic acids is 1. The number of hydrogen-bond donors (Lipinski definition) is 1. The first kappa shape index (κ1) is 13.8. The van der Waals surface area contributed by atoms with E-state index in [2.05, 4.69) is 11.8 Å². The lowest BCUT2D eigenvalue weighted by Crippen LogP contribution is -2.32. The van der Waals surface area contributed by atoms with Crippen LogP contribution in [0.2, 0.25) is 5.02 Å². The highest BCUT2D eigenvalue weighted by Gasteiger charge is 2.15. The Hall–Kier alpha value is -1.22. The maximum atomic E-state index is 10.9. The lowest BCUT2D eigenvalue weighted by atomic mass is 10.1. The van der Waals surface area contributed by atoms with Crippen LogP contribution in [0.4, 0.5) is 5.69 Å². The Balaban J connectivity index is 2.78. The third-order valence-corrected chi connectivity index (χ3v) is 2.85. The van der Waals surface area contributed by atoms with Crippen molar-refractivity contribution in [1.82, 2.24) is 0 Å². The van der Waals surface area contributed by atoms with E-state index in [0.717, 1.165) is 18.7 Å². The van der Waals surface area contributed by atoms with Gasteiger partial charge >= 0.3 is 5.97 Å². The minimum atomic E-state index is -0.764. The lowest BCUT2D eigenvalue weighted by molar-refractivity contribution is -0.140. The number of rotatable bonds is 6. The number of aliphatic carboxylic acids is 1. The quantitative estimate of drug-likeness (QED) is 0.848. The molecule has 0 saturated carbocycles. The molecule has 94 valence electrons. The highest BCUT2D eigenvalue weighted by atomic mass is 35.5. The topological polar surface area (TPSA) is 40.5 Å². The molecule has 0 saturated heterocycles. The molecule has 0 spiro atoms. The fraction of sp³-hybridized carbons (Fsp3) is 0.462. The second kappa shape index (κ2) is 6.50. The summed E-state index contributed by atoms with van der Waals surface area (Å²) < 4.78 is 0. The van der Waals surface area contributed by atoms with Gasteiger partial charge in [0, 0.05) is 23.8 Å². The monoisotopic (exact) mass is 255 g/mol. The van der Waals surface area contributed by atoms with Gasteiger partial charge in [0.1, 0.15) is 0 Å². The second-order valence-electron chi connectivity index (χ2n) is 4.16. The maximum absolute atomic E-state index is 10.9. The van der Waals surface area contributed by atoms with Crippen LogP contribution in [0.1, 0.15) is 20.3 Å². The summed E-state index contributed by atoms with van der Waals surface area (Å²) in [4.78, 5) is 13.0. The second-order valence-corrected chi connectivity index (χ2v) is 4.60. The van der Waals surface area contributed by atoms with Gasteiger partial charge in [-0.1, -0.05) is 25.4 Å². The van der Waals surface area contributed by atoms with Crippen molar-refractivity contribution in [2.24, 2.45) is 5.92 Å². The van der Waals surface area contributed by atoms with Gasteiger partial charge in [0.2, 0.25) is 0 Å². The van der Waals surface area contributed by atoms with Crippen LogP contribution in [0.3, 0.4) is 0 Å². The smallest absolute Gasteiger partial charge is 0.308 e. The van der Waals surface area contributed by atoms with Crippen LogP contribution >= 0.6 is 11.6 Å². The van der Waals surface area contributed by atoms with Crippen molar-refractivity contribution in [3.8, 4) is 0 Å². The van der Waals surface area contributed by atoms with Crippen LogP contribution < -0.4 is 4.90 Å². The number of hydrogen-bond acceptors (Lipinski definition) is 2. The van der Waals surface area contributed by atoms with E-state index >= 15 is 0 Å². The van der Waals surface area contributed by atoms with Crippen molar-refractivity contribution >= 4 is 23.3 Å². The lowest BCUT2D eigenvalue weighted by Gasteiger charge is -2.26. The zero-order valence-corrected chi connectivity index (χ0v) is 10.9. The van der Waals surface area contributed by atoms with Gasteiger partial charge in [-0.3, -0.25) is 4.79 Å². The maximum Gasteiger partial charge on any atom is 0.308 e. The first-order chi connectivity index (χ1) is 8.04. The number of carbonyl (C=O) groups is 1. The van der Waals surface area contributed by atoms with Gasteiger partial charge in [0.15, 0.2) is 0 Å². The van der Waals surface area contributed by atoms with Crippen molar-refractivity contribution < 1.29 is 9.90 Å². The van der Waals surface area contributed by atoms with E-state index in [4.69, 9.17) is 16.7 Å². The highest BCUT2D eigenvalue weighted by Crippen LogP contribution is 2.19. The average molecular weight is 256 g/mol. The molecule has 0 bridgehead atoms. The molecule has 3 nitrogen and oxygen atoms in total. The van der Waals surface area contributed by atoms with E-state index in [9.17, 15) is 4.79 Å². The van der Waals surface area contributed by atoms with Crippen LogP contribution in [0.15, 0.2) is 24.3 Å². The molecule has 1 atom stereocenters. The standard InChI is InChI=1S/C13H18ClNO2/c1-3-8-15(9-10(2)13(16)17)12-6-4-11(14)5-7-12/h4-7,10H,3,8-9H2,1-2H3,(H,16,17). The number of carboxylic acid groups (broad SMARTS) is 1. The van der Waals surface area contributed by atoms with Gasteiger partial charge in [-0.25, -0.2) is 0 Å². The van der Waals surface area contributed by atoms with Gasteiger partial charge in [-0.05, 0) is 30.7 Å². The molecule has 0 heterocycles. The summed E-state index contributed by atoms with van der Waals surface area (Å²) in [6, 6.07) is 7.50. The van der Waals surface area contributed by atoms with Crippen LogP contribution in [0, 0.1) is 5.92 Å². The Kier molecular flexibility index (Phi) is 5.29. The molecule has 0 aromatic heterocycles. The van der Waals surface area contributed by atoms with Crippen molar-refractivity contribution in [1.29, 1.82) is 0 Å². The van der Waals surface area contributed by atoms with Crippen LogP contribution in [-0.2, 0) is 4.79 Å². The predicted octanol–water partition coefficient (Wildman–Crippen LogP) is 3.28. The molecule has 17 heavy (non-hydrogen) atoms. The average Bonchev–Trinajstić information content (AvgIpc) is 2.29. The molecule has 0 amide bonds. The minimum absolute atomic E-state index is 0.378. The third kappa shape index (κ3) is 4.27. The van der Waals surface area contributed by atoms with Gasteiger partial charge < -0.3 is 10.0 Å². The van der Waals surface area contributed by atoms with E-state index in [-0.39, 0.29) is 5.92 Å². The van der Waals surface area contributed by atoms with Crippen molar-refractivity contribution in [3.05, 3.63) is 29.3 Å². The van der Waals surface area contributed by atoms with Crippen LogP contribution in [0.5, 0.6) is 0 Å². The first-order valence-corrected chi connectivity index (χ1v) is 6.15. The van der Waals surface area contributed by atoms with Gasteiger partial charge in [0.25, 0.3) is 0 Å². The fourth-order valence-electron chi connectivity index (χ4n) is 1.66. The minimum Gasteiger partial charge on any atom is -0.481 e. The number of nitrogens with zero attached hydrogens (tertiary/aromatic N) is 1. The molecular weight excluding hydrogens is 238 g/mol. The molecule has 1 rings (SSSR count). The zero-order chi connectivity index (χ0) is 12.8. The van der Waals surface area contributed by atoms with Gasteiger partial charge in [-0.15, -0.1) is 0 Å². The molecule has 0 aliphatic heterocycles. The molecule has 1 aromatic rings. The molecule has 0 fully saturated rings. The molecule has 0 radical (unpaired) electrons. The normalized spacial score (nSPS) is 12.2. The molecule has 1 unspecified atom stereocenters. The summed E-state index contributed by atoms with van der Waals surface area (Å²) in [6.45, 7) is 5.17. The Bertz CT molecular complexity index is 364. The SMILES string of the molecule is CCCN(CC(C)C(=O)O)c1ccc(Cl)cc1. The van der Waals surface area contributed by atoms with Crippen LogP contribution in [0.25, 0.3) is 0 Å². The molecule has 4 heteroatoms. The van der Waals surface area contributed by atoms with Crippen LogP contribution in [-0.4, -0.2) is 24.2 Å². The van der Waals surface area contributed by atoms with Gasteiger partial charge in [0.05, 0.1) is 5.92 Å². The number of halogens is 1. The number of benzene rings is 1. The first-order valence-electron chi connectivity index (χ1n) is 5.78. The Morgan fingerprint density at radius 3 is 2.47 bits per heavy atom. The molecular formula is C13H18ClNO2. The third-order valence-electron chi connectivity index (χ3n) is 2.60. The van der Waals surface area contributed by atoms with E-state index < -0.39 is 5.97 Å². The Morgan fingerprint density at radius 2 is 2.00 bits per heavy atom. The summed E-state index contributed by atoms with van der Waals surface area (Å²) in [5.41, 5.74) is 1.02. The van der Waals surface area contributed by atoms with E-state index in [1.165, 1.54) is 0 Å². The van der Waals surface area contributed by atoms with Gasteiger partial charge in [-0.2, -0.15) is 0 Å². The van der Waals surface area contributed by atoms with E-state index in [1.54, 1.807) is 6.92 Å². The Morgan fingerprint density at radius 1 is 1.41 bits per heavy atom. The van der Waals surface area contributed by atoms with Crippen molar-refractivity contribution in [2.45, 2.75) is 20.3 Å². The predicted molar refractivity (Wildman–Crippen MR) is 70.8 cm³/mol. The molecule has 0 aliphatic rings. The Labute approximate surface area is 107 Å². The van der Waals surface area contributed by atoms with E-state index in [0.29, 0.717) is 11.6 Å². The zero-order valence-electron chi connectivity index (χ0n) is 10.2. The summed E-state index contributed by atoms with van der Waals surface area (Å²) >= 11 is 5.84. The van der Waals surface area contributed by atoms with E-state index in [1.807, 2.05) is 24.3 Å². The van der Waals surface area contributed by atoms with Crippen molar-refractivity contribution in [3.63, 3.8) is 0 Å². The molecule has 1 aromatic carbocycles. The summed E-state index contributed by atoms with van der Waals surface area (Å²) in [7, 11) is 0. The molecule has 0 aliphatic carbocycles. The van der Waals surface area contributed by atoms with Crippen molar-refractivity contribution in [2.75, 3.05) is 18.0 Å². The summed E-state index contributed by atoms with van der Waals surface area (Å²) in [5.74, 6) is -1.14. The summed E-state index contributed by atoms with van der Waals surface area (Å²) in [5, 5.41) is 9.63.